The fraction of sp³-hybridized carbons (Fsp3) is 0.467. The Bertz CT molecular complexity index is 473. The van der Waals surface area contributed by atoms with Gasteiger partial charge in [-0.3, -0.25) is 9.59 Å². The van der Waals surface area contributed by atoms with Crippen LogP contribution >= 0.6 is 11.6 Å². The van der Waals surface area contributed by atoms with E-state index in [2.05, 4.69) is 4.74 Å². The largest absolute Gasteiger partial charge is 0.469 e. The number of benzene rings is 1. The van der Waals surface area contributed by atoms with Crippen LogP contribution in [0.5, 0.6) is 0 Å². The molecule has 0 aliphatic carbocycles. The lowest BCUT2D eigenvalue weighted by atomic mass is 10.1. The fourth-order valence-electron chi connectivity index (χ4n) is 1.85. The molecule has 1 aromatic rings. The molecule has 1 aromatic carbocycles. The summed E-state index contributed by atoms with van der Waals surface area (Å²) in [7, 11) is 1.30. The van der Waals surface area contributed by atoms with Gasteiger partial charge in [-0.25, -0.2) is 0 Å². The number of nitrogens with zero attached hydrogens (tertiary/aromatic N) is 1. The van der Waals surface area contributed by atoms with E-state index in [4.69, 9.17) is 11.6 Å². The molecule has 0 saturated carbocycles. The van der Waals surface area contributed by atoms with Crippen molar-refractivity contribution in [3.05, 3.63) is 34.9 Å². The highest BCUT2D eigenvalue weighted by atomic mass is 35.5. The van der Waals surface area contributed by atoms with E-state index in [0.29, 0.717) is 5.02 Å². The van der Waals surface area contributed by atoms with Gasteiger partial charge in [-0.2, -0.15) is 0 Å². The average molecular weight is 314 g/mol. The monoisotopic (exact) mass is 313 g/mol. The fourth-order valence-corrected chi connectivity index (χ4v) is 1.98. The Morgan fingerprint density at radius 1 is 1.33 bits per heavy atom. The number of ether oxygens (including phenoxy) is 1. The van der Waals surface area contributed by atoms with Crippen molar-refractivity contribution in [2.75, 3.05) is 20.2 Å². The third-order valence-electron chi connectivity index (χ3n) is 2.92. The summed E-state index contributed by atoms with van der Waals surface area (Å²) in [4.78, 5) is 24.9. The first-order chi connectivity index (χ1) is 9.92. The van der Waals surface area contributed by atoms with Gasteiger partial charge >= 0.3 is 5.97 Å². The number of esters is 1. The molecule has 0 aliphatic heterocycles. The minimum atomic E-state index is -0.656. The van der Waals surface area contributed by atoms with Crippen LogP contribution in [0.3, 0.4) is 0 Å². The van der Waals surface area contributed by atoms with E-state index < -0.39 is 6.10 Å². The molecule has 0 aromatic heterocycles. The Labute approximate surface area is 129 Å². The number of aliphatic hydroxyl groups excluding tert-OH is 1. The first kappa shape index (κ1) is 17.5. The first-order valence-electron chi connectivity index (χ1n) is 6.69. The number of aliphatic hydroxyl groups is 1. The number of hydrogen-bond acceptors (Lipinski definition) is 4. The molecule has 0 heterocycles. The zero-order chi connectivity index (χ0) is 15.8. The summed E-state index contributed by atoms with van der Waals surface area (Å²) in [5.41, 5.74) is 0.832. The van der Waals surface area contributed by atoms with Crippen molar-refractivity contribution < 1.29 is 19.4 Å². The number of carbonyl (C=O) groups excluding carboxylic acids is 2. The van der Waals surface area contributed by atoms with Crippen LogP contribution in [0.2, 0.25) is 5.02 Å². The van der Waals surface area contributed by atoms with Gasteiger partial charge in [-0.1, -0.05) is 23.7 Å². The number of carbonyl (C=O) groups is 2. The van der Waals surface area contributed by atoms with Gasteiger partial charge in [0.25, 0.3) is 0 Å². The molecule has 5 nitrogen and oxygen atoms in total. The molecule has 0 radical (unpaired) electrons. The second-order valence-corrected chi connectivity index (χ2v) is 5.25. The predicted molar refractivity (Wildman–Crippen MR) is 80.0 cm³/mol. The molecule has 0 spiro atoms. The van der Waals surface area contributed by atoms with Crippen molar-refractivity contribution in [3.8, 4) is 0 Å². The molecule has 0 saturated heterocycles. The molecule has 21 heavy (non-hydrogen) atoms. The molecule has 1 rings (SSSR count). The van der Waals surface area contributed by atoms with E-state index in [9.17, 15) is 14.7 Å². The van der Waals surface area contributed by atoms with E-state index in [1.54, 1.807) is 31.2 Å². The molecule has 0 bridgehead atoms. The van der Waals surface area contributed by atoms with Crippen LogP contribution in [0, 0.1) is 0 Å². The van der Waals surface area contributed by atoms with Crippen molar-refractivity contribution >= 4 is 23.5 Å². The SMILES string of the molecule is COC(=O)CCN(CC(C)O)C(=O)Cc1ccc(Cl)cc1. The van der Waals surface area contributed by atoms with Crippen LogP contribution in [0.25, 0.3) is 0 Å². The third kappa shape index (κ3) is 6.60. The lowest BCUT2D eigenvalue weighted by Crippen LogP contribution is -2.39. The van der Waals surface area contributed by atoms with Gasteiger partial charge < -0.3 is 14.7 Å². The van der Waals surface area contributed by atoms with Gasteiger partial charge in [0.15, 0.2) is 0 Å². The number of halogens is 1. The summed E-state index contributed by atoms with van der Waals surface area (Å²) in [6, 6.07) is 7.00. The van der Waals surface area contributed by atoms with E-state index in [0.717, 1.165) is 5.56 Å². The summed E-state index contributed by atoms with van der Waals surface area (Å²) < 4.78 is 4.56. The van der Waals surface area contributed by atoms with Crippen molar-refractivity contribution in [2.45, 2.75) is 25.9 Å². The van der Waals surface area contributed by atoms with Crippen molar-refractivity contribution in [3.63, 3.8) is 0 Å². The Morgan fingerprint density at radius 3 is 2.48 bits per heavy atom. The maximum absolute atomic E-state index is 12.3. The summed E-state index contributed by atoms with van der Waals surface area (Å²) in [6.45, 7) is 2.01. The quantitative estimate of drug-likeness (QED) is 0.777. The van der Waals surface area contributed by atoms with Crippen LogP contribution in [0.15, 0.2) is 24.3 Å². The Morgan fingerprint density at radius 2 is 1.95 bits per heavy atom. The predicted octanol–water partition coefficient (Wildman–Crippen LogP) is 1.66. The molecule has 1 unspecified atom stereocenters. The Kier molecular flexibility index (Phi) is 7.19. The highest BCUT2D eigenvalue weighted by Gasteiger charge is 2.17. The summed E-state index contributed by atoms with van der Waals surface area (Å²) >= 11 is 5.80. The van der Waals surface area contributed by atoms with Gasteiger partial charge in [0.2, 0.25) is 5.91 Å². The standard InChI is InChI=1S/C15H20ClNO4/c1-11(18)10-17(8-7-15(20)21-2)14(19)9-12-3-5-13(16)6-4-12/h3-6,11,18H,7-10H2,1-2H3. The normalized spacial score (nSPS) is 11.8. The lowest BCUT2D eigenvalue weighted by molar-refractivity contribution is -0.142. The van der Waals surface area contributed by atoms with Crippen LogP contribution in [0.4, 0.5) is 0 Å². The highest BCUT2D eigenvalue weighted by molar-refractivity contribution is 6.30. The summed E-state index contributed by atoms with van der Waals surface area (Å²) in [6.07, 6.45) is -0.350. The van der Waals surface area contributed by atoms with Crippen LogP contribution in [-0.2, 0) is 20.7 Å². The molecular weight excluding hydrogens is 294 g/mol. The zero-order valence-electron chi connectivity index (χ0n) is 12.2. The van der Waals surface area contributed by atoms with Gasteiger partial charge in [-0.15, -0.1) is 0 Å². The Hall–Kier alpha value is -1.59. The number of hydrogen-bond donors (Lipinski definition) is 1. The number of methoxy groups -OCH3 is 1. The van der Waals surface area contributed by atoms with E-state index in [1.807, 2.05) is 0 Å². The molecule has 6 heteroatoms. The van der Waals surface area contributed by atoms with Gasteiger partial charge in [0, 0.05) is 18.1 Å². The second-order valence-electron chi connectivity index (χ2n) is 4.82. The number of rotatable bonds is 7. The first-order valence-corrected chi connectivity index (χ1v) is 7.07. The third-order valence-corrected chi connectivity index (χ3v) is 3.17. The zero-order valence-corrected chi connectivity index (χ0v) is 13.0. The molecule has 1 amide bonds. The molecule has 0 fully saturated rings. The van der Waals surface area contributed by atoms with Crippen LogP contribution in [0.1, 0.15) is 18.9 Å². The Balaban J connectivity index is 2.65. The summed E-state index contributed by atoms with van der Waals surface area (Å²) in [5.74, 6) is -0.535. The van der Waals surface area contributed by atoms with Crippen molar-refractivity contribution in [1.29, 1.82) is 0 Å². The smallest absolute Gasteiger partial charge is 0.307 e. The van der Waals surface area contributed by atoms with Crippen LogP contribution in [-0.4, -0.2) is 48.2 Å². The van der Waals surface area contributed by atoms with E-state index in [-0.39, 0.29) is 37.8 Å². The van der Waals surface area contributed by atoms with Gasteiger partial charge in [-0.05, 0) is 24.6 Å². The molecular formula is C15H20ClNO4. The van der Waals surface area contributed by atoms with Gasteiger partial charge in [0.05, 0.1) is 26.1 Å². The molecule has 0 aliphatic rings. The molecule has 1 atom stereocenters. The maximum atomic E-state index is 12.3. The molecule has 116 valence electrons. The average Bonchev–Trinajstić information content (AvgIpc) is 2.45. The van der Waals surface area contributed by atoms with Crippen molar-refractivity contribution in [1.82, 2.24) is 4.90 Å². The van der Waals surface area contributed by atoms with Gasteiger partial charge in [0.1, 0.15) is 0 Å². The number of amides is 1. The maximum Gasteiger partial charge on any atom is 0.307 e. The highest BCUT2D eigenvalue weighted by Crippen LogP contribution is 2.11. The topological polar surface area (TPSA) is 66.8 Å². The molecule has 1 N–H and O–H groups in total. The second kappa shape index (κ2) is 8.64. The van der Waals surface area contributed by atoms with Crippen molar-refractivity contribution in [2.24, 2.45) is 0 Å². The summed E-state index contributed by atoms with van der Waals surface area (Å²) in [5, 5.41) is 10.1. The van der Waals surface area contributed by atoms with E-state index >= 15 is 0 Å². The minimum Gasteiger partial charge on any atom is -0.469 e. The minimum absolute atomic E-state index is 0.107. The van der Waals surface area contributed by atoms with E-state index in [1.165, 1.54) is 12.0 Å². The van der Waals surface area contributed by atoms with Crippen LogP contribution < -0.4 is 0 Å². The lowest BCUT2D eigenvalue weighted by Gasteiger charge is -2.23.